The zero-order valence-corrected chi connectivity index (χ0v) is 11.2. The maximum atomic E-state index is 11.2. The van der Waals surface area contributed by atoms with Crippen LogP contribution < -0.4 is 0 Å². The maximum Gasteiger partial charge on any atom is 0.336 e. The van der Waals surface area contributed by atoms with Gasteiger partial charge in [0.2, 0.25) is 0 Å². The van der Waals surface area contributed by atoms with Gasteiger partial charge in [-0.15, -0.1) is 0 Å². The summed E-state index contributed by atoms with van der Waals surface area (Å²) < 4.78 is 2.02. The Morgan fingerprint density at radius 3 is 2.79 bits per heavy atom. The van der Waals surface area contributed by atoms with Crippen molar-refractivity contribution in [2.24, 2.45) is 5.92 Å². The van der Waals surface area contributed by atoms with Gasteiger partial charge in [0, 0.05) is 25.4 Å². The normalized spacial score (nSPS) is 10.9. The fraction of sp³-hybridized carbons (Fsp3) is 0.333. The predicted molar refractivity (Wildman–Crippen MR) is 73.3 cm³/mol. The monoisotopic (exact) mass is 258 g/mol. The van der Waals surface area contributed by atoms with Gasteiger partial charge >= 0.3 is 5.97 Å². The number of benzene rings is 1. The number of rotatable bonds is 5. The first-order chi connectivity index (χ1) is 9.08. The first-order valence-corrected chi connectivity index (χ1v) is 6.39. The summed E-state index contributed by atoms with van der Waals surface area (Å²) in [5.74, 6) is 0.632. The molecule has 1 aromatic heterocycles. The van der Waals surface area contributed by atoms with E-state index in [4.69, 9.17) is 0 Å². The van der Waals surface area contributed by atoms with Crippen molar-refractivity contribution >= 4 is 5.97 Å². The van der Waals surface area contributed by atoms with E-state index in [1.165, 1.54) is 0 Å². The molecule has 0 aliphatic carbocycles. The molecule has 0 atom stereocenters. The average Bonchev–Trinajstić information content (AvgIpc) is 2.76. The molecule has 0 amide bonds. The van der Waals surface area contributed by atoms with Crippen molar-refractivity contribution in [1.29, 1.82) is 0 Å². The fourth-order valence-electron chi connectivity index (χ4n) is 2.09. The number of carboxylic acid groups (broad SMARTS) is 1. The standard InChI is InChI=1S/C15H18N2O2/c1-11(2)9-14-16-7-8-17(14)10-12-5-3-4-6-13(12)15(18)19/h3-8,11H,9-10H2,1-2H3,(H,18,19). The molecule has 1 heterocycles. The third-order valence-electron chi connectivity index (χ3n) is 2.98. The van der Waals surface area contributed by atoms with Crippen LogP contribution in [0.2, 0.25) is 0 Å². The smallest absolute Gasteiger partial charge is 0.336 e. The predicted octanol–water partition coefficient (Wildman–Crippen LogP) is 2.83. The number of carbonyl (C=O) groups is 1. The molecule has 0 spiro atoms. The lowest BCUT2D eigenvalue weighted by Gasteiger charge is -2.11. The van der Waals surface area contributed by atoms with Crippen LogP contribution >= 0.6 is 0 Å². The Balaban J connectivity index is 2.27. The Labute approximate surface area is 112 Å². The largest absolute Gasteiger partial charge is 0.478 e. The minimum Gasteiger partial charge on any atom is -0.478 e. The molecule has 4 heteroatoms. The van der Waals surface area contributed by atoms with Crippen molar-refractivity contribution in [2.45, 2.75) is 26.8 Å². The molecular weight excluding hydrogens is 240 g/mol. The van der Waals surface area contributed by atoms with Crippen LogP contribution in [-0.4, -0.2) is 20.6 Å². The van der Waals surface area contributed by atoms with Crippen LogP contribution in [0.5, 0.6) is 0 Å². The van der Waals surface area contributed by atoms with E-state index in [9.17, 15) is 9.90 Å². The zero-order chi connectivity index (χ0) is 13.8. The van der Waals surface area contributed by atoms with Crippen molar-refractivity contribution < 1.29 is 9.90 Å². The van der Waals surface area contributed by atoms with Gasteiger partial charge in [0.05, 0.1) is 5.56 Å². The van der Waals surface area contributed by atoms with Crippen molar-refractivity contribution in [3.63, 3.8) is 0 Å². The molecular formula is C15H18N2O2. The molecule has 19 heavy (non-hydrogen) atoms. The Bertz CT molecular complexity index is 573. The highest BCUT2D eigenvalue weighted by Crippen LogP contribution is 2.13. The Morgan fingerprint density at radius 1 is 1.37 bits per heavy atom. The third-order valence-corrected chi connectivity index (χ3v) is 2.98. The molecule has 1 aromatic carbocycles. The SMILES string of the molecule is CC(C)Cc1nccn1Cc1ccccc1C(=O)O. The lowest BCUT2D eigenvalue weighted by molar-refractivity contribution is 0.0695. The first-order valence-electron chi connectivity index (χ1n) is 6.39. The minimum atomic E-state index is -0.888. The Kier molecular flexibility index (Phi) is 4.00. The summed E-state index contributed by atoms with van der Waals surface area (Å²) in [4.78, 5) is 15.5. The lowest BCUT2D eigenvalue weighted by Crippen LogP contribution is -2.10. The van der Waals surface area contributed by atoms with Crippen LogP contribution in [0.3, 0.4) is 0 Å². The van der Waals surface area contributed by atoms with Crippen LogP contribution in [-0.2, 0) is 13.0 Å². The Hall–Kier alpha value is -2.10. The van der Waals surface area contributed by atoms with E-state index in [0.717, 1.165) is 17.8 Å². The van der Waals surface area contributed by atoms with E-state index in [2.05, 4.69) is 18.8 Å². The highest BCUT2D eigenvalue weighted by molar-refractivity contribution is 5.89. The van der Waals surface area contributed by atoms with Crippen molar-refractivity contribution in [2.75, 3.05) is 0 Å². The van der Waals surface area contributed by atoms with Gasteiger partial charge in [-0.1, -0.05) is 32.0 Å². The van der Waals surface area contributed by atoms with E-state index >= 15 is 0 Å². The highest BCUT2D eigenvalue weighted by atomic mass is 16.4. The molecule has 1 N–H and O–H groups in total. The molecule has 0 fully saturated rings. The van der Waals surface area contributed by atoms with Gasteiger partial charge in [0.15, 0.2) is 0 Å². The van der Waals surface area contributed by atoms with Crippen LogP contribution in [0.25, 0.3) is 0 Å². The molecule has 0 saturated heterocycles. The van der Waals surface area contributed by atoms with E-state index in [1.54, 1.807) is 18.3 Å². The van der Waals surface area contributed by atoms with Gasteiger partial charge in [-0.3, -0.25) is 0 Å². The highest BCUT2D eigenvalue weighted by Gasteiger charge is 2.11. The van der Waals surface area contributed by atoms with Gasteiger partial charge in [-0.2, -0.15) is 0 Å². The number of hydrogen-bond acceptors (Lipinski definition) is 2. The average molecular weight is 258 g/mol. The molecule has 2 rings (SSSR count). The first kappa shape index (κ1) is 13.3. The van der Waals surface area contributed by atoms with Gasteiger partial charge in [-0.25, -0.2) is 9.78 Å². The number of aromatic carboxylic acids is 1. The molecule has 0 unspecified atom stereocenters. The van der Waals surface area contributed by atoms with E-state index < -0.39 is 5.97 Å². The van der Waals surface area contributed by atoms with Crippen molar-refractivity contribution in [1.82, 2.24) is 9.55 Å². The second kappa shape index (κ2) is 5.69. The molecule has 0 bridgehead atoms. The van der Waals surface area contributed by atoms with Crippen LogP contribution in [0.1, 0.15) is 35.6 Å². The second-order valence-corrected chi connectivity index (χ2v) is 5.03. The summed E-state index contributed by atoms with van der Waals surface area (Å²) in [6.07, 6.45) is 4.56. The third kappa shape index (κ3) is 3.22. The van der Waals surface area contributed by atoms with Gasteiger partial charge in [-0.05, 0) is 17.5 Å². The van der Waals surface area contributed by atoms with Gasteiger partial charge in [0.25, 0.3) is 0 Å². The second-order valence-electron chi connectivity index (χ2n) is 5.03. The minimum absolute atomic E-state index is 0.353. The van der Waals surface area contributed by atoms with Crippen LogP contribution in [0, 0.1) is 5.92 Å². The van der Waals surface area contributed by atoms with Gasteiger partial charge < -0.3 is 9.67 Å². The summed E-state index contributed by atoms with van der Waals surface area (Å²) in [5, 5.41) is 9.18. The Morgan fingerprint density at radius 2 is 2.11 bits per heavy atom. The number of carboxylic acids is 1. The topological polar surface area (TPSA) is 55.1 Å². The van der Waals surface area contributed by atoms with Gasteiger partial charge in [0.1, 0.15) is 5.82 Å². The van der Waals surface area contributed by atoms with E-state index in [1.807, 2.05) is 22.9 Å². The number of aromatic nitrogens is 2. The van der Waals surface area contributed by atoms with E-state index in [-0.39, 0.29) is 0 Å². The number of hydrogen-bond donors (Lipinski definition) is 1. The molecule has 0 aliphatic heterocycles. The maximum absolute atomic E-state index is 11.2. The van der Waals surface area contributed by atoms with Crippen LogP contribution in [0.4, 0.5) is 0 Å². The molecule has 4 nitrogen and oxygen atoms in total. The fourth-order valence-corrected chi connectivity index (χ4v) is 2.09. The van der Waals surface area contributed by atoms with E-state index in [0.29, 0.717) is 18.0 Å². The molecule has 0 radical (unpaired) electrons. The number of imidazole rings is 1. The zero-order valence-electron chi connectivity index (χ0n) is 11.2. The summed E-state index contributed by atoms with van der Waals surface area (Å²) >= 11 is 0. The quantitative estimate of drug-likeness (QED) is 0.897. The van der Waals surface area contributed by atoms with Crippen molar-refractivity contribution in [3.05, 3.63) is 53.6 Å². The molecule has 2 aromatic rings. The summed E-state index contributed by atoms with van der Waals surface area (Å²) in [6, 6.07) is 7.09. The molecule has 0 saturated carbocycles. The summed E-state index contributed by atoms with van der Waals surface area (Å²) in [6.45, 7) is 4.83. The molecule has 100 valence electrons. The molecule has 0 aliphatic rings. The van der Waals surface area contributed by atoms with Crippen LogP contribution in [0.15, 0.2) is 36.7 Å². The lowest BCUT2D eigenvalue weighted by atomic mass is 10.1. The summed E-state index contributed by atoms with van der Waals surface area (Å²) in [7, 11) is 0. The summed E-state index contributed by atoms with van der Waals surface area (Å²) in [5.41, 5.74) is 1.16. The number of nitrogens with zero attached hydrogens (tertiary/aromatic N) is 2. The van der Waals surface area contributed by atoms with Crippen molar-refractivity contribution in [3.8, 4) is 0 Å².